The molecule has 0 spiro atoms. The zero-order chi connectivity index (χ0) is 12.1. The molecule has 0 aliphatic carbocycles. The summed E-state index contributed by atoms with van der Waals surface area (Å²) in [6, 6.07) is 0. The summed E-state index contributed by atoms with van der Waals surface area (Å²) in [4.78, 5) is 9.41. The third kappa shape index (κ3) is 3.66. The van der Waals surface area contributed by atoms with Crippen molar-refractivity contribution >= 4 is 16.5 Å². The van der Waals surface area contributed by atoms with Crippen LogP contribution >= 0.6 is 11.3 Å². The second-order valence-corrected chi connectivity index (χ2v) is 5.46. The molecule has 1 fully saturated rings. The molecule has 0 amide bonds. The van der Waals surface area contributed by atoms with Crippen LogP contribution in [0.15, 0.2) is 5.38 Å². The Hall–Kier alpha value is -0.650. The SMILES string of the molecule is CNCc1csc(N(C)CCN2CCCC2)n1. The van der Waals surface area contributed by atoms with Gasteiger partial charge in [-0.15, -0.1) is 11.3 Å². The summed E-state index contributed by atoms with van der Waals surface area (Å²) in [7, 11) is 4.09. The van der Waals surface area contributed by atoms with Crippen LogP contribution in [0.4, 0.5) is 5.13 Å². The van der Waals surface area contributed by atoms with Gasteiger partial charge in [-0.1, -0.05) is 0 Å². The lowest BCUT2D eigenvalue weighted by atomic mass is 10.4. The van der Waals surface area contributed by atoms with E-state index < -0.39 is 0 Å². The molecule has 0 aromatic carbocycles. The van der Waals surface area contributed by atoms with Crippen molar-refractivity contribution in [1.82, 2.24) is 15.2 Å². The van der Waals surface area contributed by atoms with E-state index in [9.17, 15) is 0 Å². The average molecular weight is 254 g/mol. The summed E-state index contributed by atoms with van der Waals surface area (Å²) in [5, 5.41) is 6.40. The molecule has 2 rings (SSSR count). The average Bonchev–Trinajstić information content (AvgIpc) is 2.97. The van der Waals surface area contributed by atoms with Crippen LogP contribution in [0.25, 0.3) is 0 Å². The molecule has 0 unspecified atom stereocenters. The van der Waals surface area contributed by atoms with E-state index in [1.165, 1.54) is 25.9 Å². The summed E-state index contributed by atoms with van der Waals surface area (Å²) >= 11 is 1.74. The van der Waals surface area contributed by atoms with Gasteiger partial charge in [0.15, 0.2) is 5.13 Å². The molecule has 17 heavy (non-hydrogen) atoms. The number of thiazole rings is 1. The Bertz CT molecular complexity index is 333. The van der Waals surface area contributed by atoms with Gasteiger partial charge in [-0.2, -0.15) is 0 Å². The smallest absolute Gasteiger partial charge is 0.185 e. The molecule has 0 radical (unpaired) electrons. The number of aromatic nitrogens is 1. The molecule has 0 atom stereocenters. The highest BCUT2D eigenvalue weighted by Crippen LogP contribution is 2.19. The Morgan fingerprint density at radius 2 is 2.24 bits per heavy atom. The Morgan fingerprint density at radius 1 is 1.47 bits per heavy atom. The fraction of sp³-hybridized carbons (Fsp3) is 0.750. The van der Waals surface area contributed by atoms with Gasteiger partial charge in [-0.05, 0) is 33.0 Å². The first kappa shape index (κ1) is 12.8. The molecule has 0 saturated carbocycles. The van der Waals surface area contributed by atoms with E-state index in [2.05, 4.69) is 32.5 Å². The second-order valence-electron chi connectivity index (χ2n) is 4.62. The fourth-order valence-electron chi connectivity index (χ4n) is 2.13. The topological polar surface area (TPSA) is 31.4 Å². The van der Waals surface area contributed by atoms with Gasteiger partial charge in [0.25, 0.3) is 0 Å². The second kappa shape index (κ2) is 6.33. The predicted molar refractivity (Wildman–Crippen MR) is 73.8 cm³/mol. The Morgan fingerprint density at radius 3 is 2.94 bits per heavy atom. The first-order valence-electron chi connectivity index (χ1n) is 6.32. The normalized spacial score (nSPS) is 16.6. The number of hydrogen-bond acceptors (Lipinski definition) is 5. The third-order valence-corrected chi connectivity index (χ3v) is 4.18. The number of hydrogen-bond donors (Lipinski definition) is 1. The van der Waals surface area contributed by atoms with E-state index >= 15 is 0 Å². The van der Waals surface area contributed by atoms with Crippen LogP contribution in [0.5, 0.6) is 0 Å². The van der Waals surface area contributed by atoms with E-state index in [0.717, 1.165) is 30.5 Å². The van der Waals surface area contributed by atoms with Gasteiger partial charge in [0, 0.05) is 32.1 Å². The number of nitrogens with one attached hydrogen (secondary N) is 1. The van der Waals surface area contributed by atoms with Crippen molar-refractivity contribution < 1.29 is 0 Å². The largest absolute Gasteiger partial charge is 0.350 e. The highest BCUT2D eigenvalue weighted by atomic mass is 32.1. The molecule has 1 aromatic rings. The molecule has 2 heterocycles. The van der Waals surface area contributed by atoms with Gasteiger partial charge in [0.1, 0.15) is 0 Å². The number of nitrogens with zero attached hydrogens (tertiary/aromatic N) is 3. The van der Waals surface area contributed by atoms with Crippen molar-refractivity contribution in [1.29, 1.82) is 0 Å². The fourth-order valence-corrected chi connectivity index (χ4v) is 2.95. The predicted octanol–water partition coefficient (Wildman–Crippen LogP) is 1.39. The van der Waals surface area contributed by atoms with Gasteiger partial charge in [0.2, 0.25) is 0 Å². The molecule has 1 N–H and O–H groups in total. The highest BCUT2D eigenvalue weighted by molar-refractivity contribution is 7.13. The standard InChI is InChI=1S/C12H22N4S/c1-13-9-11-10-17-12(14-11)15(2)7-8-16-5-3-4-6-16/h10,13H,3-9H2,1-2H3. The van der Waals surface area contributed by atoms with Crippen LogP contribution in [0.3, 0.4) is 0 Å². The summed E-state index contributed by atoms with van der Waals surface area (Å²) in [5.74, 6) is 0. The molecular formula is C12H22N4S. The number of likely N-dealkylation sites (N-methyl/N-ethyl adjacent to an activating group) is 1. The molecule has 96 valence electrons. The summed E-state index contributed by atoms with van der Waals surface area (Å²) in [5.41, 5.74) is 1.14. The minimum Gasteiger partial charge on any atom is -0.350 e. The minimum absolute atomic E-state index is 0.858. The van der Waals surface area contributed by atoms with E-state index in [4.69, 9.17) is 0 Å². The molecular weight excluding hydrogens is 232 g/mol. The first-order valence-corrected chi connectivity index (χ1v) is 7.20. The van der Waals surface area contributed by atoms with Crippen molar-refractivity contribution in [2.45, 2.75) is 19.4 Å². The van der Waals surface area contributed by atoms with Crippen molar-refractivity contribution in [2.24, 2.45) is 0 Å². The maximum atomic E-state index is 4.61. The van der Waals surface area contributed by atoms with Gasteiger partial charge < -0.3 is 15.1 Å². The maximum Gasteiger partial charge on any atom is 0.185 e. The minimum atomic E-state index is 0.858. The molecule has 4 nitrogen and oxygen atoms in total. The highest BCUT2D eigenvalue weighted by Gasteiger charge is 2.13. The summed E-state index contributed by atoms with van der Waals surface area (Å²) < 4.78 is 0. The first-order chi connectivity index (χ1) is 8.29. The van der Waals surface area contributed by atoms with Crippen molar-refractivity contribution in [3.63, 3.8) is 0 Å². The van der Waals surface area contributed by atoms with Crippen molar-refractivity contribution in [3.8, 4) is 0 Å². The lowest BCUT2D eigenvalue weighted by molar-refractivity contribution is 0.346. The van der Waals surface area contributed by atoms with Crippen LogP contribution in [-0.2, 0) is 6.54 Å². The van der Waals surface area contributed by atoms with Gasteiger partial charge in [-0.25, -0.2) is 4.98 Å². The monoisotopic (exact) mass is 254 g/mol. The van der Waals surface area contributed by atoms with Crippen LogP contribution < -0.4 is 10.2 Å². The molecule has 1 aliphatic rings. The van der Waals surface area contributed by atoms with Crippen LogP contribution in [-0.4, -0.2) is 50.2 Å². The zero-order valence-electron chi connectivity index (χ0n) is 10.8. The number of rotatable bonds is 6. The van der Waals surface area contributed by atoms with Gasteiger partial charge in [0.05, 0.1) is 5.69 Å². The molecule has 5 heteroatoms. The third-order valence-electron chi connectivity index (χ3n) is 3.17. The lowest BCUT2D eigenvalue weighted by Crippen LogP contribution is -2.31. The maximum absolute atomic E-state index is 4.61. The van der Waals surface area contributed by atoms with Crippen LogP contribution in [0.2, 0.25) is 0 Å². The molecule has 0 bridgehead atoms. The quantitative estimate of drug-likeness (QED) is 0.831. The number of likely N-dealkylation sites (tertiary alicyclic amines) is 1. The Kier molecular flexibility index (Phi) is 4.76. The van der Waals surface area contributed by atoms with Crippen LogP contribution in [0.1, 0.15) is 18.5 Å². The van der Waals surface area contributed by atoms with Crippen molar-refractivity contribution in [2.75, 3.05) is 45.2 Å². The molecule has 1 aliphatic heterocycles. The molecule has 1 aromatic heterocycles. The molecule has 1 saturated heterocycles. The van der Waals surface area contributed by atoms with E-state index in [0.29, 0.717) is 0 Å². The van der Waals surface area contributed by atoms with E-state index in [-0.39, 0.29) is 0 Å². The Balaban J connectivity index is 1.79. The van der Waals surface area contributed by atoms with E-state index in [1.54, 1.807) is 11.3 Å². The van der Waals surface area contributed by atoms with Crippen molar-refractivity contribution in [3.05, 3.63) is 11.1 Å². The number of anilines is 1. The van der Waals surface area contributed by atoms with Gasteiger partial charge >= 0.3 is 0 Å². The van der Waals surface area contributed by atoms with Crippen LogP contribution in [0, 0.1) is 0 Å². The lowest BCUT2D eigenvalue weighted by Gasteiger charge is -2.20. The van der Waals surface area contributed by atoms with Gasteiger partial charge in [-0.3, -0.25) is 0 Å². The zero-order valence-corrected chi connectivity index (χ0v) is 11.6. The Labute approximate surface area is 108 Å². The summed E-state index contributed by atoms with van der Waals surface area (Å²) in [6.07, 6.45) is 2.74. The van der Waals surface area contributed by atoms with E-state index in [1.807, 2.05) is 7.05 Å². The summed E-state index contributed by atoms with van der Waals surface area (Å²) in [6.45, 7) is 5.65.